The van der Waals surface area contributed by atoms with Crippen LogP contribution in [-0.4, -0.2) is 39.6 Å². The van der Waals surface area contributed by atoms with Crippen molar-refractivity contribution in [3.63, 3.8) is 0 Å². The molecule has 3 N–H and O–H groups in total. The van der Waals surface area contributed by atoms with E-state index in [1.807, 2.05) is 12.1 Å². The summed E-state index contributed by atoms with van der Waals surface area (Å²) >= 11 is 0. The summed E-state index contributed by atoms with van der Waals surface area (Å²) in [5, 5.41) is 17.4. The van der Waals surface area contributed by atoms with Crippen LogP contribution in [0.2, 0.25) is 0 Å². The Labute approximate surface area is 184 Å². The number of anilines is 2. The molecule has 0 fully saturated rings. The molecule has 0 unspecified atom stereocenters. The number of para-hydroxylation sites is 1. The van der Waals surface area contributed by atoms with Crippen LogP contribution in [-0.2, 0) is 16.6 Å². The number of nitrogen functional groups attached to an aromatic ring is 1. The van der Waals surface area contributed by atoms with Crippen LogP contribution in [0.15, 0.2) is 60.8 Å². The lowest BCUT2D eigenvalue weighted by Crippen LogP contribution is -2.12. The van der Waals surface area contributed by atoms with Gasteiger partial charge in [-0.25, -0.2) is 23.1 Å². The van der Waals surface area contributed by atoms with Crippen LogP contribution in [0.3, 0.4) is 0 Å². The molecule has 0 aliphatic carbocycles. The Morgan fingerprint density at radius 1 is 1.06 bits per heavy atom. The molecular formula is C21H18N8O2S. The third kappa shape index (κ3) is 4.88. The summed E-state index contributed by atoms with van der Waals surface area (Å²) in [6, 6.07) is 17.9. The van der Waals surface area contributed by atoms with Crippen molar-refractivity contribution in [2.45, 2.75) is 6.54 Å². The summed E-state index contributed by atoms with van der Waals surface area (Å²) in [5.74, 6) is 0.0668. The maximum Gasteiger partial charge on any atom is 0.229 e. The van der Waals surface area contributed by atoms with E-state index >= 15 is 0 Å². The van der Waals surface area contributed by atoms with Gasteiger partial charge in [-0.1, -0.05) is 35.5 Å². The zero-order valence-corrected chi connectivity index (χ0v) is 17.8. The van der Waals surface area contributed by atoms with E-state index in [4.69, 9.17) is 11.0 Å². The first-order chi connectivity index (χ1) is 15.3. The Morgan fingerprint density at radius 2 is 1.84 bits per heavy atom. The predicted molar refractivity (Wildman–Crippen MR) is 120 cm³/mol. The zero-order valence-electron chi connectivity index (χ0n) is 17.0. The highest BCUT2D eigenvalue weighted by molar-refractivity contribution is 7.92. The fraction of sp³-hybridized carbons (Fsp3) is 0.0952. The Morgan fingerprint density at radius 3 is 2.62 bits per heavy atom. The maximum atomic E-state index is 11.6. The third-order valence-electron chi connectivity index (χ3n) is 4.48. The molecule has 2 aromatic heterocycles. The molecule has 0 aliphatic rings. The first kappa shape index (κ1) is 21.0. The van der Waals surface area contributed by atoms with Crippen molar-refractivity contribution in [3.8, 4) is 28.7 Å². The average molecular weight is 446 g/mol. The minimum Gasteiger partial charge on any atom is -0.368 e. The molecule has 11 heteroatoms. The number of sulfonamides is 1. The Hall–Kier alpha value is -4.30. The van der Waals surface area contributed by atoms with Crippen LogP contribution < -0.4 is 10.5 Å². The lowest BCUT2D eigenvalue weighted by atomic mass is 10.1. The van der Waals surface area contributed by atoms with Gasteiger partial charge in [-0.05, 0) is 29.8 Å². The summed E-state index contributed by atoms with van der Waals surface area (Å²) in [6.07, 6.45) is 2.79. The van der Waals surface area contributed by atoms with Gasteiger partial charge in [-0.3, -0.25) is 4.72 Å². The van der Waals surface area contributed by atoms with Gasteiger partial charge < -0.3 is 5.73 Å². The molecule has 0 aliphatic heterocycles. The Bertz CT molecular complexity index is 1440. The minimum absolute atomic E-state index is 0.0668. The van der Waals surface area contributed by atoms with Crippen molar-refractivity contribution in [1.29, 1.82) is 5.26 Å². The van der Waals surface area contributed by atoms with Crippen molar-refractivity contribution < 1.29 is 8.42 Å². The number of nitrogens with zero attached hydrogens (tertiary/aromatic N) is 6. The molecule has 160 valence electrons. The summed E-state index contributed by atoms with van der Waals surface area (Å²) < 4.78 is 27.3. The highest BCUT2D eigenvalue weighted by atomic mass is 32.2. The van der Waals surface area contributed by atoms with E-state index in [0.29, 0.717) is 34.9 Å². The third-order valence-corrected chi connectivity index (χ3v) is 5.07. The van der Waals surface area contributed by atoms with Gasteiger partial charge in [0.1, 0.15) is 5.69 Å². The second-order valence-corrected chi connectivity index (χ2v) is 8.77. The smallest absolute Gasteiger partial charge is 0.229 e. The summed E-state index contributed by atoms with van der Waals surface area (Å²) in [7, 11) is -3.42. The molecule has 2 aromatic carbocycles. The fourth-order valence-electron chi connectivity index (χ4n) is 3.12. The summed E-state index contributed by atoms with van der Waals surface area (Å²) in [6.45, 7) is 0.295. The Balaban J connectivity index is 1.64. The number of nitrogens with two attached hydrogens (primary N) is 1. The molecule has 2 heterocycles. The SMILES string of the molecule is CS(=O)(=O)Nc1ccccc1Cn1cc(-c2cc(-c3cccc(C#N)c3)nc(N)n2)nn1. The van der Waals surface area contributed by atoms with Gasteiger partial charge in [-0.2, -0.15) is 5.26 Å². The number of hydrogen-bond acceptors (Lipinski definition) is 8. The van der Waals surface area contributed by atoms with Gasteiger partial charge in [0.25, 0.3) is 0 Å². The van der Waals surface area contributed by atoms with Gasteiger partial charge in [0.15, 0.2) is 0 Å². The van der Waals surface area contributed by atoms with Crippen molar-refractivity contribution in [1.82, 2.24) is 25.0 Å². The second kappa shape index (κ2) is 8.44. The maximum absolute atomic E-state index is 11.6. The molecule has 0 saturated carbocycles. The van der Waals surface area contributed by atoms with Crippen molar-refractivity contribution in [2.75, 3.05) is 16.7 Å². The minimum atomic E-state index is -3.42. The number of hydrogen-bond donors (Lipinski definition) is 2. The largest absolute Gasteiger partial charge is 0.368 e. The number of benzene rings is 2. The molecule has 0 saturated heterocycles. The van der Waals surface area contributed by atoms with Crippen molar-refractivity contribution >= 4 is 21.7 Å². The van der Waals surface area contributed by atoms with E-state index in [1.54, 1.807) is 53.3 Å². The lowest BCUT2D eigenvalue weighted by Gasteiger charge is -2.10. The molecule has 4 aromatic rings. The average Bonchev–Trinajstić information content (AvgIpc) is 3.22. The van der Waals surface area contributed by atoms with Crippen LogP contribution in [0.5, 0.6) is 0 Å². The number of rotatable bonds is 6. The lowest BCUT2D eigenvalue weighted by molar-refractivity contribution is 0.606. The number of nitrogens with one attached hydrogen (secondary N) is 1. The summed E-state index contributed by atoms with van der Waals surface area (Å²) in [5.41, 5.74) is 9.85. The zero-order chi connectivity index (χ0) is 22.7. The van der Waals surface area contributed by atoms with E-state index < -0.39 is 10.0 Å². The highest BCUT2D eigenvalue weighted by Gasteiger charge is 2.13. The number of aromatic nitrogens is 5. The standard InChI is InChI=1S/C21H18N8O2S/c1-32(30,31)27-17-8-3-2-6-16(17)12-29-13-20(26-28-29)19-10-18(24-21(23)25-19)15-7-4-5-14(9-15)11-22/h2-10,13,27H,12H2,1H3,(H2,23,24,25). The molecule has 0 amide bonds. The van der Waals surface area contributed by atoms with E-state index in [-0.39, 0.29) is 5.95 Å². The molecule has 0 bridgehead atoms. The normalized spacial score (nSPS) is 11.1. The van der Waals surface area contributed by atoms with Gasteiger partial charge in [-0.15, -0.1) is 5.10 Å². The topological polar surface area (TPSA) is 152 Å². The fourth-order valence-corrected chi connectivity index (χ4v) is 3.72. The second-order valence-electron chi connectivity index (χ2n) is 7.02. The van der Waals surface area contributed by atoms with Crippen LogP contribution in [0.1, 0.15) is 11.1 Å². The van der Waals surface area contributed by atoms with E-state index in [9.17, 15) is 8.42 Å². The first-order valence-electron chi connectivity index (χ1n) is 9.42. The molecule has 0 spiro atoms. The van der Waals surface area contributed by atoms with Crippen molar-refractivity contribution in [2.24, 2.45) is 0 Å². The van der Waals surface area contributed by atoms with Crippen LogP contribution in [0, 0.1) is 11.3 Å². The molecule has 10 nitrogen and oxygen atoms in total. The molecule has 0 radical (unpaired) electrons. The van der Waals surface area contributed by atoms with Crippen LogP contribution in [0.25, 0.3) is 22.6 Å². The quantitative estimate of drug-likeness (QED) is 0.457. The first-order valence-corrected chi connectivity index (χ1v) is 11.3. The van der Waals surface area contributed by atoms with E-state index in [1.165, 1.54) is 0 Å². The molecule has 4 rings (SSSR count). The van der Waals surface area contributed by atoms with Crippen LogP contribution in [0.4, 0.5) is 11.6 Å². The van der Waals surface area contributed by atoms with Gasteiger partial charge >= 0.3 is 0 Å². The monoisotopic (exact) mass is 446 g/mol. The Kier molecular flexibility index (Phi) is 5.53. The van der Waals surface area contributed by atoms with E-state index in [2.05, 4.69) is 31.1 Å². The van der Waals surface area contributed by atoms with E-state index in [0.717, 1.165) is 17.4 Å². The van der Waals surface area contributed by atoms with Gasteiger partial charge in [0, 0.05) is 5.56 Å². The van der Waals surface area contributed by atoms with Crippen molar-refractivity contribution in [3.05, 3.63) is 71.9 Å². The van der Waals surface area contributed by atoms with Gasteiger partial charge in [0.2, 0.25) is 16.0 Å². The molecule has 32 heavy (non-hydrogen) atoms. The van der Waals surface area contributed by atoms with Crippen LogP contribution >= 0.6 is 0 Å². The number of nitriles is 1. The van der Waals surface area contributed by atoms with Gasteiger partial charge in [0.05, 0.1) is 47.7 Å². The summed E-state index contributed by atoms with van der Waals surface area (Å²) in [4.78, 5) is 8.52. The molecule has 0 atom stereocenters. The predicted octanol–water partition coefficient (Wildman–Crippen LogP) is 2.28. The molecular weight excluding hydrogens is 428 g/mol. The highest BCUT2D eigenvalue weighted by Crippen LogP contribution is 2.24.